The Kier molecular flexibility index (Phi) is 5.64. The van der Waals surface area contributed by atoms with Crippen LogP contribution in [0, 0.1) is 0 Å². The minimum absolute atomic E-state index is 0.0519. The van der Waals surface area contributed by atoms with E-state index in [0.717, 1.165) is 19.4 Å². The molecule has 1 heterocycles. The molecule has 0 aliphatic carbocycles. The average Bonchev–Trinajstić information content (AvgIpc) is 2.92. The zero-order chi connectivity index (χ0) is 14.2. The highest BCUT2D eigenvalue weighted by Gasteiger charge is 2.08. The molecule has 1 amide bonds. The van der Waals surface area contributed by atoms with Crippen molar-refractivity contribution in [3.05, 3.63) is 41.4 Å². The number of amides is 1. The topological polar surface area (TPSA) is 58.1 Å². The van der Waals surface area contributed by atoms with E-state index in [2.05, 4.69) is 39.8 Å². The molecule has 0 atom stereocenters. The van der Waals surface area contributed by atoms with E-state index in [-0.39, 0.29) is 5.91 Å². The Hall–Kier alpha value is -1.79. The predicted molar refractivity (Wildman–Crippen MR) is 80.8 cm³/mol. The number of likely N-dealkylation sites (N-methyl/N-ethyl adjacent to an activating group) is 1. The van der Waals surface area contributed by atoms with E-state index in [1.807, 2.05) is 18.0 Å². The van der Waals surface area contributed by atoms with Crippen molar-refractivity contribution in [3.63, 3.8) is 0 Å². The summed E-state index contributed by atoms with van der Waals surface area (Å²) in [5.41, 5.74) is 2.93. The Bertz CT molecular complexity index is 515. The molecule has 106 valence electrons. The molecule has 0 aliphatic rings. The Morgan fingerprint density at radius 2 is 2.15 bits per heavy atom. The minimum atomic E-state index is -0.0519. The summed E-state index contributed by atoms with van der Waals surface area (Å²) in [6.07, 6.45) is 2.07. The van der Waals surface area contributed by atoms with Gasteiger partial charge in [-0.05, 0) is 32.0 Å². The Labute approximate surface area is 122 Å². The Morgan fingerprint density at radius 1 is 1.35 bits per heavy atom. The zero-order valence-corrected chi connectivity index (χ0v) is 12.3. The molecule has 0 aliphatic heterocycles. The normalized spacial score (nSPS) is 10.7. The van der Waals surface area contributed by atoms with Crippen LogP contribution in [0.25, 0.3) is 0 Å². The average molecular weight is 290 g/mol. The summed E-state index contributed by atoms with van der Waals surface area (Å²) >= 11 is 1.32. The van der Waals surface area contributed by atoms with Gasteiger partial charge in [0.25, 0.3) is 0 Å². The molecule has 0 fully saturated rings. The fraction of sp³-hybridized carbons (Fsp3) is 0.357. The van der Waals surface area contributed by atoms with E-state index in [4.69, 9.17) is 0 Å². The van der Waals surface area contributed by atoms with Gasteiger partial charge in [0, 0.05) is 0 Å². The number of hydrogen-bond acceptors (Lipinski definition) is 5. The molecule has 0 radical (unpaired) electrons. The van der Waals surface area contributed by atoms with Crippen molar-refractivity contribution in [2.75, 3.05) is 25.5 Å². The van der Waals surface area contributed by atoms with Crippen molar-refractivity contribution in [2.45, 2.75) is 12.8 Å². The van der Waals surface area contributed by atoms with Crippen molar-refractivity contribution in [1.82, 2.24) is 15.1 Å². The Morgan fingerprint density at radius 3 is 2.85 bits per heavy atom. The molecular formula is C14H18N4OS. The smallest absolute Gasteiger partial charge is 0.240 e. The molecule has 0 saturated heterocycles. The van der Waals surface area contributed by atoms with Crippen LogP contribution in [0.15, 0.2) is 35.8 Å². The molecule has 0 saturated carbocycles. The van der Waals surface area contributed by atoms with Gasteiger partial charge in [-0.2, -0.15) is 0 Å². The summed E-state index contributed by atoms with van der Waals surface area (Å²) in [6, 6.07) is 10.4. The van der Waals surface area contributed by atoms with E-state index >= 15 is 0 Å². The lowest BCUT2D eigenvalue weighted by atomic mass is 10.1. The molecule has 5 nitrogen and oxygen atoms in total. The molecule has 1 aromatic carbocycles. The highest BCUT2D eigenvalue weighted by atomic mass is 32.1. The molecule has 20 heavy (non-hydrogen) atoms. The molecule has 1 N–H and O–H groups in total. The number of benzene rings is 1. The summed E-state index contributed by atoms with van der Waals surface area (Å²) in [4.78, 5) is 13.8. The summed E-state index contributed by atoms with van der Waals surface area (Å²) in [5.74, 6) is -0.0519. The lowest BCUT2D eigenvalue weighted by molar-refractivity contribution is -0.117. The maximum atomic E-state index is 11.7. The van der Waals surface area contributed by atoms with Crippen LogP contribution in [-0.2, 0) is 11.2 Å². The number of carbonyl (C=O) groups is 1. The van der Waals surface area contributed by atoms with E-state index in [0.29, 0.717) is 11.7 Å². The standard InChI is InChI=1S/C14H18N4OS/c1-18(9-5-8-12-6-3-2-4-7-12)10-13(19)16-14-17-15-11-20-14/h2-4,6-7,11H,5,8-10H2,1H3,(H,16,17,19). The number of rotatable bonds is 7. The summed E-state index contributed by atoms with van der Waals surface area (Å²) < 4.78 is 0. The van der Waals surface area contributed by atoms with Crippen LogP contribution in [0.3, 0.4) is 0 Å². The van der Waals surface area contributed by atoms with Crippen LogP contribution in [0.2, 0.25) is 0 Å². The van der Waals surface area contributed by atoms with E-state index in [1.165, 1.54) is 16.9 Å². The number of anilines is 1. The van der Waals surface area contributed by atoms with Gasteiger partial charge >= 0.3 is 0 Å². The van der Waals surface area contributed by atoms with Crippen molar-refractivity contribution in [2.24, 2.45) is 0 Å². The number of nitrogens with one attached hydrogen (secondary N) is 1. The lowest BCUT2D eigenvalue weighted by Gasteiger charge is -2.15. The molecule has 0 bridgehead atoms. The van der Waals surface area contributed by atoms with Crippen LogP contribution in [0.1, 0.15) is 12.0 Å². The fourth-order valence-electron chi connectivity index (χ4n) is 1.91. The van der Waals surface area contributed by atoms with Crippen molar-refractivity contribution >= 4 is 22.4 Å². The highest BCUT2D eigenvalue weighted by Crippen LogP contribution is 2.07. The monoisotopic (exact) mass is 290 g/mol. The van der Waals surface area contributed by atoms with Crippen LogP contribution < -0.4 is 5.32 Å². The van der Waals surface area contributed by atoms with Gasteiger partial charge in [0.2, 0.25) is 11.0 Å². The number of carbonyl (C=O) groups excluding carboxylic acids is 1. The van der Waals surface area contributed by atoms with Gasteiger partial charge in [0.1, 0.15) is 5.51 Å². The third-order valence-electron chi connectivity index (χ3n) is 2.87. The van der Waals surface area contributed by atoms with Crippen LogP contribution in [-0.4, -0.2) is 41.1 Å². The van der Waals surface area contributed by atoms with Gasteiger partial charge in [-0.1, -0.05) is 41.7 Å². The minimum Gasteiger partial charge on any atom is -0.299 e. The molecule has 6 heteroatoms. The second kappa shape index (κ2) is 7.72. The first-order chi connectivity index (χ1) is 9.74. The van der Waals surface area contributed by atoms with Crippen LogP contribution in [0.4, 0.5) is 5.13 Å². The second-order valence-corrected chi connectivity index (χ2v) is 5.45. The molecule has 2 rings (SSSR count). The van der Waals surface area contributed by atoms with Gasteiger partial charge in [-0.15, -0.1) is 10.2 Å². The molecule has 0 spiro atoms. The Balaban J connectivity index is 1.65. The van der Waals surface area contributed by atoms with Crippen molar-refractivity contribution in [1.29, 1.82) is 0 Å². The third kappa shape index (κ3) is 5.07. The first-order valence-electron chi connectivity index (χ1n) is 6.52. The molecule has 1 aromatic heterocycles. The van der Waals surface area contributed by atoms with E-state index < -0.39 is 0 Å². The molecular weight excluding hydrogens is 272 g/mol. The number of hydrogen-bond donors (Lipinski definition) is 1. The lowest BCUT2D eigenvalue weighted by Crippen LogP contribution is -2.31. The van der Waals surface area contributed by atoms with E-state index in [1.54, 1.807) is 5.51 Å². The summed E-state index contributed by atoms with van der Waals surface area (Å²) in [6.45, 7) is 1.26. The van der Waals surface area contributed by atoms with Gasteiger partial charge in [-0.3, -0.25) is 15.0 Å². The van der Waals surface area contributed by atoms with Gasteiger partial charge in [0.15, 0.2) is 0 Å². The van der Waals surface area contributed by atoms with Gasteiger partial charge in [-0.25, -0.2) is 0 Å². The molecule has 0 unspecified atom stereocenters. The first kappa shape index (κ1) is 14.6. The van der Waals surface area contributed by atoms with E-state index in [9.17, 15) is 4.79 Å². The number of aromatic nitrogens is 2. The SMILES string of the molecule is CN(CCCc1ccccc1)CC(=O)Nc1nncs1. The van der Waals surface area contributed by atoms with Crippen LogP contribution in [0.5, 0.6) is 0 Å². The third-order valence-corrected chi connectivity index (χ3v) is 3.47. The predicted octanol–water partition coefficient (Wildman–Crippen LogP) is 2.04. The quantitative estimate of drug-likeness (QED) is 0.848. The second-order valence-electron chi connectivity index (χ2n) is 4.62. The van der Waals surface area contributed by atoms with Gasteiger partial charge in [0.05, 0.1) is 6.54 Å². The van der Waals surface area contributed by atoms with Crippen LogP contribution >= 0.6 is 11.3 Å². The molecule has 2 aromatic rings. The van der Waals surface area contributed by atoms with Crippen molar-refractivity contribution < 1.29 is 4.79 Å². The fourth-order valence-corrected chi connectivity index (χ4v) is 2.37. The largest absolute Gasteiger partial charge is 0.299 e. The van der Waals surface area contributed by atoms with Gasteiger partial charge < -0.3 is 0 Å². The number of nitrogens with zero attached hydrogens (tertiary/aromatic N) is 3. The summed E-state index contributed by atoms with van der Waals surface area (Å²) in [7, 11) is 1.95. The maximum Gasteiger partial charge on any atom is 0.240 e. The maximum absolute atomic E-state index is 11.7. The zero-order valence-electron chi connectivity index (χ0n) is 11.5. The number of aryl methyl sites for hydroxylation is 1. The summed E-state index contributed by atoms with van der Waals surface area (Å²) in [5, 5.41) is 10.7. The highest BCUT2D eigenvalue weighted by molar-refractivity contribution is 7.13. The first-order valence-corrected chi connectivity index (χ1v) is 7.40. The van der Waals surface area contributed by atoms with Crippen molar-refractivity contribution in [3.8, 4) is 0 Å².